The minimum absolute atomic E-state index is 0. The molecule has 0 aliphatic heterocycles. The van der Waals surface area contributed by atoms with Crippen molar-refractivity contribution in [2.24, 2.45) is 5.92 Å². The Morgan fingerprint density at radius 2 is 1.14 bits per heavy atom. The van der Waals surface area contributed by atoms with E-state index in [2.05, 4.69) is 19.1 Å². The summed E-state index contributed by atoms with van der Waals surface area (Å²) in [5, 5.41) is 21.3. The summed E-state index contributed by atoms with van der Waals surface area (Å²) in [5.74, 6) is -3.50. The molecular formula is C22H38Na2O4. The third-order valence-electron chi connectivity index (χ3n) is 4.81. The molecule has 0 N–H and O–H groups in total. The first-order valence-corrected chi connectivity index (χ1v) is 10.6. The quantitative estimate of drug-likeness (QED) is 0.139. The van der Waals surface area contributed by atoms with Crippen molar-refractivity contribution in [3.8, 4) is 0 Å². The maximum Gasteiger partial charge on any atom is 1.00 e. The summed E-state index contributed by atoms with van der Waals surface area (Å²) < 4.78 is 0. The second kappa shape index (κ2) is 25.7. The van der Waals surface area contributed by atoms with Crippen LogP contribution in [0.25, 0.3) is 0 Å². The van der Waals surface area contributed by atoms with Crippen molar-refractivity contribution in [2.75, 3.05) is 0 Å². The van der Waals surface area contributed by atoms with Gasteiger partial charge in [0.1, 0.15) is 0 Å². The fraction of sp³-hybridized carbons (Fsp3) is 0.818. The van der Waals surface area contributed by atoms with Crippen molar-refractivity contribution >= 4 is 11.9 Å². The van der Waals surface area contributed by atoms with Crippen LogP contribution in [0.5, 0.6) is 0 Å². The molecule has 0 radical (unpaired) electrons. The van der Waals surface area contributed by atoms with Crippen LogP contribution in [-0.2, 0) is 9.59 Å². The Balaban J connectivity index is -0.00000312. The Morgan fingerprint density at radius 1 is 0.714 bits per heavy atom. The van der Waals surface area contributed by atoms with Gasteiger partial charge in [-0.05, 0) is 38.5 Å². The Morgan fingerprint density at radius 3 is 1.57 bits per heavy atom. The summed E-state index contributed by atoms with van der Waals surface area (Å²) in [6, 6.07) is 0. The van der Waals surface area contributed by atoms with Crippen LogP contribution in [0.1, 0.15) is 110 Å². The van der Waals surface area contributed by atoms with E-state index in [0.29, 0.717) is 6.42 Å². The predicted octanol–water partition coefficient (Wildman–Crippen LogP) is -2.07. The number of carbonyl (C=O) groups excluding carboxylic acids is 2. The number of hydrogen-bond donors (Lipinski definition) is 0. The smallest absolute Gasteiger partial charge is 0.550 e. The molecule has 152 valence electrons. The number of hydrogen-bond acceptors (Lipinski definition) is 4. The maximum atomic E-state index is 10.8. The first-order chi connectivity index (χ1) is 12.6. The Labute approximate surface area is 216 Å². The average Bonchev–Trinajstić information content (AvgIpc) is 2.59. The van der Waals surface area contributed by atoms with Crippen LogP contribution < -0.4 is 69.3 Å². The van der Waals surface area contributed by atoms with Crippen molar-refractivity contribution in [1.29, 1.82) is 0 Å². The zero-order valence-corrected chi connectivity index (χ0v) is 22.7. The number of rotatable bonds is 19. The molecule has 6 heteroatoms. The molecule has 0 aliphatic rings. The fourth-order valence-electron chi connectivity index (χ4n) is 3.14. The molecule has 1 unspecified atom stereocenters. The van der Waals surface area contributed by atoms with Crippen LogP contribution >= 0.6 is 0 Å². The molecule has 0 saturated heterocycles. The second-order valence-corrected chi connectivity index (χ2v) is 7.32. The second-order valence-electron chi connectivity index (χ2n) is 7.32. The molecule has 0 aromatic carbocycles. The van der Waals surface area contributed by atoms with E-state index in [1.807, 2.05) is 0 Å². The normalized spacial score (nSPS) is 11.6. The summed E-state index contributed by atoms with van der Waals surface area (Å²) in [4.78, 5) is 21.3. The summed E-state index contributed by atoms with van der Waals surface area (Å²) in [6.07, 6.45) is 21.3. The fourth-order valence-corrected chi connectivity index (χ4v) is 3.14. The van der Waals surface area contributed by atoms with Crippen LogP contribution in [0.4, 0.5) is 0 Å². The molecule has 0 aliphatic carbocycles. The molecule has 0 rings (SSSR count). The van der Waals surface area contributed by atoms with Crippen LogP contribution in [0.3, 0.4) is 0 Å². The van der Waals surface area contributed by atoms with Gasteiger partial charge in [0, 0.05) is 17.9 Å². The van der Waals surface area contributed by atoms with Gasteiger partial charge in [0.15, 0.2) is 0 Å². The molecule has 1 atom stereocenters. The molecule has 0 fully saturated rings. The Bertz CT molecular complexity index is 387. The molecule has 0 bridgehead atoms. The van der Waals surface area contributed by atoms with Gasteiger partial charge < -0.3 is 19.8 Å². The predicted molar refractivity (Wildman–Crippen MR) is 102 cm³/mol. The maximum absolute atomic E-state index is 10.8. The Kier molecular flexibility index (Phi) is 30.6. The standard InChI is InChI=1S/C22H40O4.2Na/c1-2-3-4-5-6-7-8-9-10-11-12-13-14-15-16-17-18-20(22(25)26)19-21(23)24;;/h9-10,20H,2-8,11-19H2,1H3,(H,23,24)(H,25,26);;/q;2*+1/p-2/b10-9-;;. The van der Waals surface area contributed by atoms with Crippen LogP contribution in [0, 0.1) is 5.92 Å². The molecule has 0 aromatic rings. The van der Waals surface area contributed by atoms with Gasteiger partial charge in [-0.3, -0.25) is 0 Å². The number of carboxylic acid groups (broad SMARTS) is 2. The zero-order valence-electron chi connectivity index (χ0n) is 18.7. The summed E-state index contributed by atoms with van der Waals surface area (Å²) >= 11 is 0. The SMILES string of the molecule is CCCCCCCC/C=C\CCCCCCCCC(CC(=O)[O-])C(=O)[O-].[Na+].[Na+]. The van der Waals surface area contributed by atoms with Crippen molar-refractivity contribution in [2.45, 2.75) is 110 Å². The van der Waals surface area contributed by atoms with E-state index in [1.54, 1.807) is 0 Å². The van der Waals surface area contributed by atoms with E-state index in [9.17, 15) is 19.8 Å². The molecule has 0 saturated carbocycles. The van der Waals surface area contributed by atoms with E-state index < -0.39 is 24.3 Å². The van der Waals surface area contributed by atoms with Crippen molar-refractivity contribution in [3.63, 3.8) is 0 Å². The molecule has 4 nitrogen and oxygen atoms in total. The van der Waals surface area contributed by atoms with E-state index in [-0.39, 0.29) is 59.1 Å². The van der Waals surface area contributed by atoms with Gasteiger partial charge in [-0.15, -0.1) is 0 Å². The van der Waals surface area contributed by atoms with Gasteiger partial charge in [-0.25, -0.2) is 0 Å². The Hall–Kier alpha value is 0.680. The minimum Gasteiger partial charge on any atom is -0.550 e. The monoisotopic (exact) mass is 412 g/mol. The third-order valence-corrected chi connectivity index (χ3v) is 4.81. The average molecular weight is 413 g/mol. The zero-order chi connectivity index (χ0) is 19.5. The molecule has 28 heavy (non-hydrogen) atoms. The third kappa shape index (κ3) is 24.7. The minimum atomic E-state index is -1.32. The van der Waals surface area contributed by atoms with E-state index in [4.69, 9.17) is 0 Å². The number of aliphatic carboxylic acids is 2. The summed E-state index contributed by atoms with van der Waals surface area (Å²) in [7, 11) is 0. The number of unbranched alkanes of at least 4 members (excludes halogenated alkanes) is 12. The summed E-state index contributed by atoms with van der Waals surface area (Å²) in [5.41, 5.74) is 0. The molecule has 0 aromatic heterocycles. The van der Waals surface area contributed by atoms with Crippen molar-refractivity contribution in [3.05, 3.63) is 12.2 Å². The first kappa shape index (κ1) is 33.3. The van der Waals surface area contributed by atoms with Crippen LogP contribution in [0.2, 0.25) is 0 Å². The molecule has 0 spiro atoms. The molecular weight excluding hydrogens is 374 g/mol. The van der Waals surface area contributed by atoms with Crippen molar-refractivity contribution < 1.29 is 78.9 Å². The van der Waals surface area contributed by atoms with E-state index >= 15 is 0 Å². The van der Waals surface area contributed by atoms with Crippen molar-refractivity contribution in [1.82, 2.24) is 0 Å². The number of allylic oxidation sites excluding steroid dienone is 2. The van der Waals surface area contributed by atoms with Gasteiger partial charge in [0.2, 0.25) is 0 Å². The van der Waals surface area contributed by atoms with Gasteiger partial charge in [-0.1, -0.05) is 83.3 Å². The van der Waals surface area contributed by atoms with Crippen LogP contribution in [-0.4, -0.2) is 11.9 Å². The number of carboxylic acids is 2. The molecule has 0 heterocycles. The molecule has 0 amide bonds. The number of carbonyl (C=O) groups is 2. The van der Waals surface area contributed by atoms with Gasteiger partial charge in [0.25, 0.3) is 0 Å². The van der Waals surface area contributed by atoms with Gasteiger partial charge in [-0.2, -0.15) is 0 Å². The van der Waals surface area contributed by atoms with Crippen LogP contribution in [0.15, 0.2) is 12.2 Å². The van der Waals surface area contributed by atoms with E-state index in [0.717, 1.165) is 32.1 Å². The van der Waals surface area contributed by atoms with E-state index in [1.165, 1.54) is 57.8 Å². The van der Waals surface area contributed by atoms with Gasteiger partial charge in [0.05, 0.1) is 0 Å². The largest absolute Gasteiger partial charge is 1.00 e. The summed E-state index contributed by atoms with van der Waals surface area (Å²) in [6.45, 7) is 2.25. The van der Waals surface area contributed by atoms with Gasteiger partial charge >= 0.3 is 59.1 Å². The first-order valence-electron chi connectivity index (χ1n) is 10.6. The topological polar surface area (TPSA) is 80.3 Å².